The standard InChI is InChI=1S/C14H15N4OP/c1-20(2,19)11-7-5-10(6-8-11)12-4-3-9-18-13(12)16-14(15)17-18/h3-9H,1-2H3,(H2,15,17). The minimum Gasteiger partial charge on any atom is -0.366 e. The van der Waals surface area contributed by atoms with Crippen molar-refractivity contribution in [3.05, 3.63) is 42.6 Å². The molecule has 5 nitrogen and oxygen atoms in total. The number of benzene rings is 1. The molecular formula is C14H15N4OP. The van der Waals surface area contributed by atoms with Gasteiger partial charge < -0.3 is 10.3 Å². The van der Waals surface area contributed by atoms with Gasteiger partial charge in [0.05, 0.1) is 0 Å². The first-order valence-corrected chi connectivity index (χ1v) is 8.82. The molecule has 0 spiro atoms. The third-order valence-electron chi connectivity index (χ3n) is 3.18. The molecule has 0 aliphatic rings. The number of nitrogens with two attached hydrogens (primary N) is 1. The number of aromatic nitrogens is 3. The Morgan fingerprint density at radius 1 is 1.15 bits per heavy atom. The van der Waals surface area contributed by atoms with Gasteiger partial charge in [-0.05, 0) is 31.0 Å². The number of pyridine rings is 1. The van der Waals surface area contributed by atoms with Crippen LogP contribution in [0.5, 0.6) is 0 Å². The van der Waals surface area contributed by atoms with E-state index in [9.17, 15) is 4.57 Å². The SMILES string of the molecule is CP(C)(=O)c1ccc(-c2cccn3nc(N)nc23)cc1. The van der Waals surface area contributed by atoms with Crippen molar-refractivity contribution in [1.82, 2.24) is 14.6 Å². The molecule has 0 atom stereocenters. The van der Waals surface area contributed by atoms with E-state index in [1.54, 1.807) is 17.8 Å². The average Bonchev–Trinajstić information content (AvgIpc) is 2.78. The summed E-state index contributed by atoms with van der Waals surface area (Å²) in [5.74, 6) is 0.251. The molecule has 0 fully saturated rings. The first-order chi connectivity index (χ1) is 9.45. The molecule has 102 valence electrons. The van der Waals surface area contributed by atoms with Crippen LogP contribution in [0.2, 0.25) is 0 Å². The Hall–Kier alpha value is -2.13. The molecule has 2 aromatic heterocycles. The predicted octanol–water partition coefficient (Wildman–Crippen LogP) is 2.23. The van der Waals surface area contributed by atoms with Crippen molar-refractivity contribution >= 4 is 24.0 Å². The Labute approximate surface area is 116 Å². The Morgan fingerprint density at radius 3 is 2.50 bits per heavy atom. The molecule has 3 aromatic rings. The monoisotopic (exact) mass is 286 g/mol. The van der Waals surface area contributed by atoms with Crippen LogP contribution in [0.25, 0.3) is 16.8 Å². The molecule has 0 unspecified atom stereocenters. The van der Waals surface area contributed by atoms with Gasteiger partial charge in [-0.15, -0.1) is 5.10 Å². The van der Waals surface area contributed by atoms with Crippen molar-refractivity contribution < 1.29 is 4.57 Å². The van der Waals surface area contributed by atoms with Gasteiger partial charge in [-0.1, -0.05) is 24.3 Å². The lowest BCUT2D eigenvalue weighted by molar-refractivity contribution is 0.588. The first-order valence-electron chi connectivity index (χ1n) is 6.22. The zero-order valence-electron chi connectivity index (χ0n) is 11.3. The molecule has 0 aliphatic carbocycles. The summed E-state index contributed by atoms with van der Waals surface area (Å²) in [4.78, 5) is 4.24. The predicted molar refractivity (Wildman–Crippen MR) is 81.9 cm³/mol. The van der Waals surface area contributed by atoms with E-state index < -0.39 is 7.14 Å². The minimum atomic E-state index is -2.23. The minimum absolute atomic E-state index is 0.251. The van der Waals surface area contributed by atoms with E-state index in [0.717, 1.165) is 16.4 Å². The summed E-state index contributed by atoms with van der Waals surface area (Å²) >= 11 is 0. The molecule has 3 rings (SSSR count). The highest BCUT2D eigenvalue weighted by molar-refractivity contribution is 7.70. The van der Waals surface area contributed by atoms with Gasteiger partial charge in [0.2, 0.25) is 5.95 Å². The highest BCUT2D eigenvalue weighted by Gasteiger charge is 2.12. The van der Waals surface area contributed by atoms with Crippen LogP contribution >= 0.6 is 7.14 Å². The van der Waals surface area contributed by atoms with E-state index in [1.807, 2.05) is 42.6 Å². The van der Waals surface area contributed by atoms with E-state index in [0.29, 0.717) is 5.65 Å². The van der Waals surface area contributed by atoms with Gasteiger partial charge in [0.15, 0.2) is 5.65 Å². The molecule has 0 bridgehead atoms. The Balaban J connectivity index is 2.14. The summed E-state index contributed by atoms with van der Waals surface area (Å²) in [5, 5.41) is 4.96. The Bertz CT molecular complexity index is 817. The maximum absolute atomic E-state index is 12.0. The van der Waals surface area contributed by atoms with Crippen LogP contribution in [0.3, 0.4) is 0 Å². The maximum atomic E-state index is 12.0. The molecule has 1 aromatic carbocycles. The van der Waals surface area contributed by atoms with Crippen LogP contribution in [0.1, 0.15) is 0 Å². The molecule has 0 saturated carbocycles. The van der Waals surface area contributed by atoms with E-state index in [4.69, 9.17) is 5.73 Å². The molecule has 6 heteroatoms. The molecule has 2 heterocycles. The van der Waals surface area contributed by atoms with E-state index in [2.05, 4.69) is 10.1 Å². The van der Waals surface area contributed by atoms with Crippen LogP contribution in [0, 0.1) is 0 Å². The largest absolute Gasteiger partial charge is 0.366 e. The summed E-state index contributed by atoms with van der Waals surface area (Å²) in [6.45, 7) is 3.53. The van der Waals surface area contributed by atoms with E-state index in [-0.39, 0.29) is 5.95 Å². The lowest BCUT2D eigenvalue weighted by Gasteiger charge is -2.08. The van der Waals surface area contributed by atoms with Gasteiger partial charge in [0.1, 0.15) is 7.14 Å². The molecule has 0 aliphatic heterocycles. The van der Waals surface area contributed by atoms with Crippen LogP contribution in [0.15, 0.2) is 42.6 Å². The summed E-state index contributed by atoms with van der Waals surface area (Å²) in [6.07, 6.45) is 1.81. The van der Waals surface area contributed by atoms with Gasteiger partial charge >= 0.3 is 0 Å². The van der Waals surface area contributed by atoms with Crippen molar-refractivity contribution in [3.63, 3.8) is 0 Å². The van der Waals surface area contributed by atoms with Crippen molar-refractivity contribution in [3.8, 4) is 11.1 Å². The topological polar surface area (TPSA) is 73.3 Å². The van der Waals surface area contributed by atoms with Crippen LogP contribution in [-0.2, 0) is 4.57 Å². The van der Waals surface area contributed by atoms with Crippen molar-refractivity contribution in [2.24, 2.45) is 0 Å². The fraction of sp³-hybridized carbons (Fsp3) is 0.143. The maximum Gasteiger partial charge on any atom is 0.240 e. The van der Waals surface area contributed by atoms with E-state index >= 15 is 0 Å². The second kappa shape index (κ2) is 4.46. The molecule has 0 amide bonds. The molecule has 0 saturated heterocycles. The fourth-order valence-electron chi connectivity index (χ4n) is 2.15. The zero-order valence-corrected chi connectivity index (χ0v) is 12.2. The molecular weight excluding hydrogens is 271 g/mol. The molecule has 0 radical (unpaired) electrons. The average molecular weight is 286 g/mol. The van der Waals surface area contributed by atoms with Gasteiger partial charge in [0.25, 0.3) is 0 Å². The summed E-state index contributed by atoms with van der Waals surface area (Å²) in [5.41, 5.74) is 8.30. The van der Waals surface area contributed by atoms with Crippen LogP contribution < -0.4 is 11.0 Å². The van der Waals surface area contributed by atoms with Gasteiger partial charge in [-0.25, -0.2) is 4.52 Å². The normalized spacial score (nSPS) is 11.9. The number of rotatable bonds is 2. The van der Waals surface area contributed by atoms with Gasteiger partial charge in [-0.3, -0.25) is 0 Å². The highest BCUT2D eigenvalue weighted by atomic mass is 31.2. The van der Waals surface area contributed by atoms with Crippen molar-refractivity contribution in [2.45, 2.75) is 0 Å². The van der Waals surface area contributed by atoms with Gasteiger partial charge in [-0.2, -0.15) is 4.98 Å². The van der Waals surface area contributed by atoms with Crippen LogP contribution in [-0.4, -0.2) is 27.9 Å². The number of nitrogens with zero attached hydrogens (tertiary/aromatic N) is 3. The fourth-order valence-corrected chi connectivity index (χ4v) is 3.02. The lowest BCUT2D eigenvalue weighted by Crippen LogP contribution is -2.01. The summed E-state index contributed by atoms with van der Waals surface area (Å²) in [7, 11) is -2.23. The van der Waals surface area contributed by atoms with E-state index in [1.165, 1.54) is 0 Å². The highest BCUT2D eigenvalue weighted by Crippen LogP contribution is 2.35. The van der Waals surface area contributed by atoms with Crippen molar-refractivity contribution in [2.75, 3.05) is 19.1 Å². The lowest BCUT2D eigenvalue weighted by atomic mass is 10.1. The quantitative estimate of drug-likeness (QED) is 0.733. The van der Waals surface area contributed by atoms with Crippen molar-refractivity contribution in [1.29, 1.82) is 0 Å². The number of hydrogen-bond acceptors (Lipinski definition) is 4. The van der Waals surface area contributed by atoms with Gasteiger partial charge in [0, 0.05) is 17.1 Å². The van der Waals surface area contributed by atoms with Crippen LogP contribution in [0.4, 0.5) is 5.95 Å². The number of anilines is 1. The Morgan fingerprint density at radius 2 is 1.85 bits per heavy atom. The molecule has 20 heavy (non-hydrogen) atoms. The number of nitrogen functional groups attached to an aromatic ring is 1. The number of hydrogen-bond donors (Lipinski definition) is 1. The third kappa shape index (κ3) is 2.21. The second-order valence-electron chi connectivity index (χ2n) is 5.06. The second-order valence-corrected chi connectivity index (χ2v) is 8.28. The third-order valence-corrected chi connectivity index (χ3v) is 4.72. The summed E-state index contributed by atoms with van der Waals surface area (Å²) in [6, 6.07) is 11.6. The summed E-state index contributed by atoms with van der Waals surface area (Å²) < 4.78 is 13.7. The number of fused-ring (bicyclic) bond motifs is 1. The zero-order chi connectivity index (χ0) is 14.3. The molecule has 2 N–H and O–H groups in total. The Kier molecular flexibility index (Phi) is 2.87. The smallest absolute Gasteiger partial charge is 0.240 e. The first kappa shape index (κ1) is 12.9.